The average molecular weight is 944 g/mol. The number of hydrogen-bond donors (Lipinski definition) is 0. The summed E-state index contributed by atoms with van der Waals surface area (Å²) < 4.78 is 22.8. The highest BCUT2D eigenvalue weighted by Gasteiger charge is 2.25. The smallest absolute Gasteiger partial charge is 0.180 e. The molecule has 12 aromatic carbocycles. The predicted molar refractivity (Wildman–Crippen MR) is 305 cm³/mol. The van der Waals surface area contributed by atoms with Crippen molar-refractivity contribution in [2.24, 2.45) is 0 Å². The van der Waals surface area contributed by atoms with E-state index in [0.717, 1.165) is 88.2 Å². The molecular weight excluding hydrogens is 907 g/mol. The van der Waals surface area contributed by atoms with E-state index in [9.17, 15) is 0 Å². The van der Waals surface area contributed by atoms with Crippen LogP contribution < -0.4 is 0 Å². The molecule has 0 atom stereocenters. The van der Waals surface area contributed by atoms with Gasteiger partial charge in [-0.2, -0.15) is 0 Å². The van der Waals surface area contributed by atoms with Crippen LogP contribution in [0.15, 0.2) is 238 Å². The lowest BCUT2D eigenvalue weighted by atomic mass is 9.90. The summed E-state index contributed by atoms with van der Waals surface area (Å²) in [7, 11) is 0. The first kappa shape index (κ1) is 39.7. The largest absolute Gasteiger partial charge is 0.455 e. The zero-order valence-corrected chi connectivity index (χ0v) is 39.4. The van der Waals surface area contributed by atoms with Crippen LogP contribution in [0.3, 0.4) is 0 Å². The van der Waals surface area contributed by atoms with Crippen LogP contribution in [0.4, 0.5) is 0 Å². The molecule has 0 saturated carbocycles. The second kappa shape index (κ2) is 14.8. The van der Waals surface area contributed by atoms with Gasteiger partial charge in [0.2, 0.25) is 0 Å². The fourth-order valence-electron chi connectivity index (χ4n) is 12.3. The van der Waals surface area contributed by atoms with Gasteiger partial charge in [0, 0.05) is 48.7 Å². The van der Waals surface area contributed by atoms with Gasteiger partial charge in [0.25, 0.3) is 0 Å². The highest BCUT2D eigenvalue weighted by molar-refractivity contribution is 6.29. The molecule has 342 valence electrons. The Morgan fingerprint density at radius 3 is 1.59 bits per heavy atom. The number of nitrogens with zero attached hydrogens (tertiary/aromatic N) is 3. The Bertz CT molecular complexity index is 5280. The van der Waals surface area contributed by atoms with Crippen molar-refractivity contribution >= 4 is 131 Å². The maximum atomic E-state index is 6.97. The lowest BCUT2D eigenvalue weighted by molar-refractivity contribution is 0.662. The zero-order valence-electron chi connectivity index (χ0n) is 39.4. The van der Waals surface area contributed by atoms with Crippen molar-refractivity contribution in [3.63, 3.8) is 0 Å². The summed E-state index contributed by atoms with van der Waals surface area (Å²) in [5.74, 6) is 0.531. The fourth-order valence-corrected chi connectivity index (χ4v) is 12.3. The van der Waals surface area contributed by atoms with Gasteiger partial charge in [0.05, 0.1) is 22.3 Å². The minimum atomic E-state index is 0.531. The summed E-state index contributed by atoms with van der Waals surface area (Å²) in [6.07, 6.45) is 0. The molecule has 5 heterocycles. The molecule has 0 aliphatic heterocycles. The SMILES string of the molecule is c1ccc2cc3c(cc2c1)c1ccccc1n3-c1cc(-c2ccc3oc4c(-c5cccc6c5oc5ccccc56)nc(-c5cccc6c5oc5ccccc56)nc4c3c2)cc2c3ccccc3c3ccccc3c12. The van der Waals surface area contributed by atoms with Gasteiger partial charge in [0.1, 0.15) is 39.1 Å². The first-order chi connectivity index (χ1) is 36.7. The number of para-hydroxylation sites is 5. The first-order valence-corrected chi connectivity index (χ1v) is 25.0. The molecule has 0 fully saturated rings. The van der Waals surface area contributed by atoms with Crippen LogP contribution in [0.5, 0.6) is 0 Å². The predicted octanol–water partition coefficient (Wildman–Crippen LogP) is 18.9. The van der Waals surface area contributed by atoms with Crippen molar-refractivity contribution in [1.29, 1.82) is 0 Å². The molecule has 6 heteroatoms. The van der Waals surface area contributed by atoms with Crippen LogP contribution in [0.1, 0.15) is 0 Å². The van der Waals surface area contributed by atoms with E-state index in [-0.39, 0.29) is 0 Å². The second-order valence-electron chi connectivity index (χ2n) is 19.5. The van der Waals surface area contributed by atoms with Gasteiger partial charge in [-0.3, -0.25) is 0 Å². The molecule has 0 N–H and O–H groups in total. The monoisotopic (exact) mass is 943 g/mol. The highest BCUT2D eigenvalue weighted by Crippen LogP contribution is 2.47. The molecular formula is C68H37N3O3. The van der Waals surface area contributed by atoms with E-state index in [0.29, 0.717) is 28.2 Å². The third-order valence-electron chi connectivity index (χ3n) is 15.6. The summed E-state index contributed by atoms with van der Waals surface area (Å²) in [4.78, 5) is 10.9. The van der Waals surface area contributed by atoms with E-state index in [1.54, 1.807) is 0 Å². The summed E-state index contributed by atoms with van der Waals surface area (Å²) in [6, 6.07) is 80.0. The van der Waals surface area contributed by atoms with Gasteiger partial charge in [-0.15, -0.1) is 0 Å². The van der Waals surface area contributed by atoms with Crippen LogP contribution in [-0.4, -0.2) is 14.5 Å². The minimum Gasteiger partial charge on any atom is -0.455 e. The Labute approximate surface area is 420 Å². The van der Waals surface area contributed by atoms with Gasteiger partial charge in [0.15, 0.2) is 11.4 Å². The summed E-state index contributed by atoms with van der Waals surface area (Å²) in [5, 5.41) is 17.1. The Morgan fingerprint density at radius 1 is 0.311 bits per heavy atom. The normalized spacial score (nSPS) is 12.3. The topological polar surface area (TPSA) is 70.1 Å². The summed E-state index contributed by atoms with van der Waals surface area (Å²) in [5.41, 5.74) is 12.9. The zero-order chi connectivity index (χ0) is 48.2. The quantitative estimate of drug-likeness (QED) is 0.164. The molecule has 0 amide bonds. The summed E-state index contributed by atoms with van der Waals surface area (Å²) in [6.45, 7) is 0. The lowest BCUT2D eigenvalue weighted by Crippen LogP contribution is -1.98. The van der Waals surface area contributed by atoms with E-state index in [2.05, 4.69) is 187 Å². The number of furan rings is 3. The average Bonchev–Trinajstić information content (AvgIpc) is 4.24. The standard InChI is InChI=1S/C68H37N3O3/c1-2-16-39-36-57-53(33-38(39)15-1)45-20-7-10-28-56(45)71(57)58-37-41(35-54-44-19-4-3-17-42(44)43-18-5-6-23-48(43)62(54)58)40-31-32-61-55(34-40)64-67(74-61)63(51-26-13-24-49-46-21-8-11-29-59(46)72-65(49)51)69-68(70-64)52-27-14-25-50-47-22-9-12-30-60(47)73-66(50)52/h1-37H. The van der Waals surface area contributed by atoms with Crippen molar-refractivity contribution in [3.8, 4) is 39.5 Å². The fraction of sp³-hybridized carbons (Fsp3) is 0. The maximum Gasteiger partial charge on any atom is 0.180 e. The number of rotatable bonds is 4. The molecule has 0 spiro atoms. The van der Waals surface area contributed by atoms with Crippen LogP contribution in [0.2, 0.25) is 0 Å². The van der Waals surface area contributed by atoms with Crippen LogP contribution in [-0.2, 0) is 0 Å². The number of hydrogen-bond acceptors (Lipinski definition) is 5. The molecule has 17 rings (SSSR count). The van der Waals surface area contributed by atoms with Crippen molar-refractivity contribution in [3.05, 3.63) is 224 Å². The van der Waals surface area contributed by atoms with Gasteiger partial charge in [-0.05, 0) is 116 Å². The maximum absolute atomic E-state index is 6.97. The van der Waals surface area contributed by atoms with Gasteiger partial charge < -0.3 is 17.8 Å². The van der Waals surface area contributed by atoms with E-state index in [1.165, 1.54) is 53.9 Å². The molecule has 6 nitrogen and oxygen atoms in total. The number of benzene rings is 12. The molecule has 0 bridgehead atoms. The molecule has 17 aromatic rings. The molecule has 0 saturated heterocycles. The Kier molecular flexibility index (Phi) is 7.91. The number of fused-ring (bicyclic) bond motifs is 19. The van der Waals surface area contributed by atoms with E-state index < -0.39 is 0 Å². The Hall–Kier alpha value is -10.0. The van der Waals surface area contributed by atoms with Crippen LogP contribution in [0.25, 0.3) is 170 Å². The van der Waals surface area contributed by atoms with Gasteiger partial charge in [-0.25, -0.2) is 9.97 Å². The van der Waals surface area contributed by atoms with Gasteiger partial charge in [-0.1, -0.05) is 158 Å². The third-order valence-corrected chi connectivity index (χ3v) is 15.6. The molecule has 0 aliphatic rings. The second-order valence-corrected chi connectivity index (χ2v) is 19.5. The van der Waals surface area contributed by atoms with E-state index >= 15 is 0 Å². The molecule has 5 aromatic heterocycles. The van der Waals surface area contributed by atoms with E-state index in [4.69, 9.17) is 23.2 Å². The van der Waals surface area contributed by atoms with Crippen molar-refractivity contribution in [2.75, 3.05) is 0 Å². The minimum absolute atomic E-state index is 0.531. The van der Waals surface area contributed by atoms with Crippen LogP contribution in [0, 0.1) is 0 Å². The molecule has 0 unspecified atom stereocenters. The Morgan fingerprint density at radius 2 is 0.851 bits per heavy atom. The van der Waals surface area contributed by atoms with Gasteiger partial charge >= 0.3 is 0 Å². The molecule has 0 radical (unpaired) electrons. The molecule has 74 heavy (non-hydrogen) atoms. The first-order valence-electron chi connectivity index (χ1n) is 25.0. The Balaban J connectivity index is 0.974. The van der Waals surface area contributed by atoms with Crippen molar-refractivity contribution < 1.29 is 13.3 Å². The number of aromatic nitrogens is 3. The lowest BCUT2D eigenvalue weighted by Gasteiger charge is -2.18. The van der Waals surface area contributed by atoms with Crippen molar-refractivity contribution in [2.45, 2.75) is 0 Å². The van der Waals surface area contributed by atoms with Crippen molar-refractivity contribution in [1.82, 2.24) is 14.5 Å². The summed E-state index contributed by atoms with van der Waals surface area (Å²) >= 11 is 0. The highest BCUT2D eigenvalue weighted by atomic mass is 16.3. The third kappa shape index (κ3) is 5.48. The molecule has 0 aliphatic carbocycles. The van der Waals surface area contributed by atoms with Crippen LogP contribution >= 0.6 is 0 Å². The van der Waals surface area contributed by atoms with E-state index in [1.807, 2.05) is 42.5 Å².